The second-order valence-electron chi connectivity index (χ2n) is 7.32. The van der Waals surface area contributed by atoms with Crippen LogP contribution in [0.5, 0.6) is 0 Å². The van der Waals surface area contributed by atoms with Gasteiger partial charge in [0.25, 0.3) is 11.6 Å². The summed E-state index contributed by atoms with van der Waals surface area (Å²) in [7, 11) is 0. The fourth-order valence-electron chi connectivity index (χ4n) is 3.75. The molecule has 2 aliphatic rings. The summed E-state index contributed by atoms with van der Waals surface area (Å²) in [5.41, 5.74) is 0.606. The van der Waals surface area contributed by atoms with E-state index in [9.17, 15) is 19.7 Å². The average Bonchev–Trinajstić information content (AvgIpc) is 3.19. The standard InChI is InChI=1S/C19H25N3O5/c1-14-5-4-10-21(12-14)18(23)13-27-19(24)16-11-15(22(25)26)6-7-17(16)20-8-2-3-9-20/h6-7,11,14H,2-5,8-10,12-13H2,1H3/t14-/m0/s1. The molecule has 2 fully saturated rings. The van der Waals surface area contributed by atoms with Gasteiger partial charge in [0.05, 0.1) is 16.2 Å². The van der Waals surface area contributed by atoms with Crippen LogP contribution in [0.2, 0.25) is 0 Å². The van der Waals surface area contributed by atoms with Gasteiger partial charge in [-0.15, -0.1) is 0 Å². The van der Waals surface area contributed by atoms with Gasteiger partial charge in [-0.25, -0.2) is 4.79 Å². The van der Waals surface area contributed by atoms with Crippen LogP contribution in [0.25, 0.3) is 0 Å². The Hall–Kier alpha value is -2.64. The molecule has 1 amide bonds. The molecule has 2 heterocycles. The first kappa shape index (κ1) is 19.1. The number of carbonyl (C=O) groups is 2. The first-order chi connectivity index (χ1) is 13.0. The minimum atomic E-state index is -0.695. The molecule has 0 bridgehead atoms. The quantitative estimate of drug-likeness (QED) is 0.446. The van der Waals surface area contributed by atoms with E-state index in [-0.39, 0.29) is 23.8 Å². The molecule has 0 radical (unpaired) electrons. The Labute approximate surface area is 158 Å². The number of nitrogens with zero attached hydrogens (tertiary/aromatic N) is 3. The maximum Gasteiger partial charge on any atom is 0.341 e. The van der Waals surface area contributed by atoms with E-state index in [0.717, 1.165) is 38.8 Å². The number of likely N-dealkylation sites (tertiary alicyclic amines) is 1. The molecule has 3 rings (SSSR count). The lowest BCUT2D eigenvalue weighted by atomic mass is 10.0. The van der Waals surface area contributed by atoms with Crippen LogP contribution in [-0.4, -0.2) is 54.5 Å². The average molecular weight is 375 g/mol. The summed E-state index contributed by atoms with van der Waals surface area (Å²) in [4.78, 5) is 39.2. The van der Waals surface area contributed by atoms with E-state index in [4.69, 9.17) is 4.74 Å². The summed E-state index contributed by atoms with van der Waals surface area (Å²) in [6, 6.07) is 4.22. The van der Waals surface area contributed by atoms with Crippen LogP contribution >= 0.6 is 0 Å². The number of anilines is 1. The van der Waals surface area contributed by atoms with Crippen molar-refractivity contribution in [2.45, 2.75) is 32.6 Å². The van der Waals surface area contributed by atoms with Gasteiger partial charge in [-0.1, -0.05) is 6.92 Å². The van der Waals surface area contributed by atoms with Gasteiger partial charge in [0.1, 0.15) is 0 Å². The number of rotatable bonds is 5. The van der Waals surface area contributed by atoms with Crippen molar-refractivity contribution in [3.63, 3.8) is 0 Å². The minimum absolute atomic E-state index is 0.144. The monoisotopic (exact) mass is 375 g/mol. The molecule has 0 N–H and O–H groups in total. The van der Waals surface area contributed by atoms with Crippen LogP contribution in [-0.2, 0) is 9.53 Å². The van der Waals surface area contributed by atoms with Gasteiger partial charge in [0.15, 0.2) is 6.61 Å². The number of hydrogen-bond acceptors (Lipinski definition) is 6. The number of non-ortho nitro benzene ring substituents is 1. The highest BCUT2D eigenvalue weighted by atomic mass is 16.6. The lowest BCUT2D eigenvalue weighted by Gasteiger charge is -2.30. The highest BCUT2D eigenvalue weighted by molar-refractivity contribution is 5.97. The van der Waals surface area contributed by atoms with Crippen LogP contribution in [0.15, 0.2) is 18.2 Å². The highest BCUT2D eigenvalue weighted by Gasteiger charge is 2.26. The lowest BCUT2D eigenvalue weighted by Crippen LogP contribution is -2.41. The van der Waals surface area contributed by atoms with Gasteiger partial charge in [-0.05, 0) is 37.7 Å². The van der Waals surface area contributed by atoms with Crippen molar-refractivity contribution in [3.8, 4) is 0 Å². The summed E-state index contributed by atoms with van der Waals surface area (Å²) in [6.07, 6.45) is 4.06. The van der Waals surface area contributed by atoms with E-state index in [2.05, 4.69) is 6.92 Å². The molecule has 0 unspecified atom stereocenters. The Morgan fingerprint density at radius 1 is 1.22 bits per heavy atom. The van der Waals surface area contributed by atoms with Gasteiger partial charge in [-0.3, -0.25) is 14.9 Å². The third-order valence-electron chi connectivity index (χ3n) is 5.19. The Balaban J connectivity index is 1.71. The Morgan fingerprint density at radius 2 is 1.96 bits per heavy atom. The summed E-state index contributed by atoms with van der Waals surface area (Å²) in [6.45, 7) is 4.69. The minimum Gasteiger partial charge on any atom is -0.452 e. The van der Waals surface area contributed by atoms with Crippen LogP contribution < -0.4 is 4.90 Å². The zero-order chi connectivity index (χ0) is 19.4. The number of nitro benzene ring substituents is 1. The van der Waals surface area contributed by atoms with Crippen molar-refractivity contribution >= 4 is 23.3 Å². The van der Waals surface area contributed by atoms with Crippen LogP contribution in [0.4, 0.5) is 11.4 Å². The van der Waals surface area contributed by atoms with Crippen LogP contribution in [0.1, 0.15) is 43.0 Å². The highest BCUT2D eigenvalue weighted by Crippen LogP contribution is 2.29. The van der Waals surface area contributed by atoms with Crippen LogP contribution in [0, 0.1) is 16.0 Å². The number of amides is 1. The smallest absolute Gasteiger partial charge is 0.341 e. The van der Waals surface area contributed by atoms with E-state index in [1.54, 1.807) is 11.0 Å². The zero-order valence-corrected chi connectivity index (χ0v) is 15.6. The maximum atomic E-state index is 12.6. The molecule has 146 valence electrons. The van der Waals surface area contributed by atoms with E-state index < -0.39 is 10.9 Å². The fraction of sp³-hybridized carbons (Fsp3) is 0.579. The molecule has 8 heteroatoms. The number of ether oxygens (including phenoxy) is 1. The molecular weight excluding hydrogens is 350 g/mol. The molecular formula is C19H25N3O5. The molecule has 1 aromatic rings. The first-order valence-electron chi connectivity index (χ1n) is 9.44. The van der Waals surface area contributed by atoms with E-state index in [1.165, 1.54) is 12.1 Å². The Bertz CT molecular complexity index is 730. The molecule has 0 aromatic heterocycles. The van der Waals surface area contributed by atoms with Crippen molar-refractivity contribution in [3.05, 3.63) is 33.9 Å². The number of benzene rings is 1. The largest absolute Gasteiger partial charge is 0.452 e. The van der Waals surface area contributed by atoms with Gasteiger partial charge in [-0.2, -0.15) is 0 Å². The van der Waals surface area contributed by atoms with E-state index >= 15 is 0 Å². The van der Waals surface area contributed by atoms with Crippen molar-refractivity contribution < 1.29 is 19.2 Å². The molecule has 1 aromatic carbocycles. The number of esters is 1. The van der Waals surface area contributed by atoms with Crippen molar-refractivity contribution in [2.24, 2.45) is 5.92 Å². The summed E-state index contributed by atoms with van der Waals surface area (Å²) in [5.74, 6) is -0.473. The normalized spacial score (nSPS) is 19.8. The lowest BCUT2D eigenvalue weighted by molar-refractivity contribution is -0.384. The van der Waals surface area contributed by atoms with Gasteiger partial charge < -0.3 is 14.5 Å². The summed E-state index contributed by atoms with van der Waals surface area (Å²) >= 11 is 0. The maximum absolute atomic E-state index is 12.6. The summed E-state index contributed by atoms with van der Waals surface area (Å²) in [5, 5.41) is 11.1. The SMILES string of the molecule is C[C@H]1CCCN(C(=O)COC(=O)c2cc([N+](=O)[O-])ccc2N2CCCC2)C1. The molecule has 0 spiro atoms. The molecule has 1 atom stereocenters. The molecule has 0 aliphatic carbocycles. The van der Waals surface area contributed by atoms with Gasteiger partial charge in [0.2, 0.25) is 0 Å². The predicted octanol–water partition coefficient (Wildman–Crippen LogP) is 2.61. The predicted molar refractivity (Wildman–Crippen MR) is 99.8 cm³/mol. The fourth-order valence-corrected chi connectivity index (χ4v) is 3.75. The third-order valence-corrected chi connectivity index (χ3v) is 5.19. The Morgan fingerprint density at radius 3 is 2.63 bits per heavy atom. The molecule has 2 aliphatic heterocycles. The van der Waals surface area contributed by atoms with Crippen molar-refractivity contribution in [2.75, 3.05) is 37.7 Å². The molecule has 2 saturated heterocycles. The van der Waals surface area contributed by atoms with E-state index in [0.29, 0.717) is 24.7 Å². The third kappa shape index (κ3) is 4.56. The zero-order valence-electron chi connectivity index (χ0n) is 15.6. The molecule has 8 nitrogen and oxygen atoms in total. The number of carbonyl (C=O) groups excluding carboxylic acids is 2. The Kier molecular flexibility index (Phi) is 5.93. The topological polar surface area (TPSA) is 93.0 Å². The first-order valence-corrected chi connectivity index (χ1v) is 9.44. The van der Waals surface area contributed by atoms with Gasteiger partial charge >= 0.3 is 5.97 Å². The second kappa shape index (κ2) is 8.37. The number of piperidine rings is 1. The van der Waals surface area contributed by atoms with Crippen molar-refractivity contribution in [1.82, 2.24) is 4.90 Å². The second-order valence-corrected chi connectivity index (χ2v) is 7.32. The number of hydrogen-bond donors (Lipinski definition) is 0. The van der Waals surface area contributed by atoms with E-state index in [1.807, 2.05) is 4.90 Å². The van der Waals surface area contributed by atoms with Crippen LogP contribution in [0.3, 0.4) is 0 Å². The van der Waals surface area contributed by atoms with Gasteiger partial charge in [0, 0.05) is 38.3 Å². The molecule has 0 saturated carbocycles. The number of nitro groups is 1. The summed E-state index contributed by atoms with van der Waals surface area (Å²) < 4.78 is 5.23. The van der Waals surface area contributed by atoms with Crippen molar-refractivity contribution in [1.29, 1.82) is 0 Å². The molecule has 27 heavy (non-hydrogen) atoms.